The fourth-order valence-electron chi connectivity index (χ4n) is 6.07. The van der Waals surface area contributed by atoms with Crippen LogP contribution in [-0.2, 0) is 14.4 Å². The van der Waals surface area contributed by atoms with E-state index >= 15 is 0 Å². The maximum Gasteiger partial charge on any atom is 0.247 e. The molecule has 3 aliphatic rings. The second kappa shape index (κ2) is 11.0. The number of nitrogens with zero attached hydrogens (tertiary/aromatic N) is 3. The minimum absolute atomic E-state index is 0.0254. The first-order valence-corrected chi connectivity index (χ1v) is 14.3. The first-order chi connectivity index (χ1) is 16.5. The highest BCUT2D eigenvalue weighted by Gasteiger charge is 2.76. The molecule has 0 aliphatic carbocycles. The summed E-state index contributed by atoms with van der Waals surface area (Å²) in [5.74, 6) is -1.31. The molecule has 3 heterocycles. The summed E-state index contributed by atoms with van der Waals surface area (Å²) < 4.78 is -0.681. The van der Waals surface area contributed by atoms with E-state index in [2.05, 4.69) is 29.1 Å². The number of hydrogen-bond donors (Lipinski definition) is 1. The zero-order valence-corrected chi connectivity index (χ0v) is 23.8. The smallest absolute Gasteiger partial charge is 0.247 e. The molecule has 3 amide bonds. The van der Waals surface area contributed by atoms with Gasteiger partial charge in [0, 0.05) is 48.4 Å². The van der Waals surface area contributed by atoms with Gasteiger partial charge in [-0.2, -0.15) is 0 Å². The highest BCUT2D eigenvalue weighted by Crippen LogP contribution is 2.68. The largest absolute Gasteiger partial charge is 0.396 e. The van der Waals surface area contributed by atoms with Gasteiger partial charge in [-0.1, -0.05) is 35.0 Å². The summed E-state index contributed by atoms with van der Waals surface area (Å²) in [7, 11) is 0. The molecular formula is C26H40BrN3O4S. The van der Waals surface area contributed by atoms with Gasteiger partial charge in [0.1, 0.15) is 6.04 Å². The van der Waals surface area contributed by atoms with E-state index in [1.807, 2.05) is 27.7 Å². The Morgan fingerprint density at radius 1 is 1.26 bits per heavy atom. The van der Waals surface area contributed by atoms with Crippen LogP contribution in [0.3, 0.4) is 0 Å². The molecule has 0 saturated carbocycles. The van der Waals surface area contributed by atoms with Crippen LogP contribution in [0.15, 0.2) is 25.3 Å². The Labute approximate surface area is 222 Å². The summed E-state index contributed by atoms with van der Waals surface area (Å²) in [6.07, 6.45) is 5.29. The number of amides is 3. The van der Waals surface area contributed by atoms with E-state index in [4.69, 9.17) is 0 Å². The van der Waals surface area contributed by atoms with Crippen LogP contribution in [-0.4, -0.2) is 96.7 Å². The van der Waals surface area contributed by atoms with Crippen molar-refractivity contribution in [2.45, 2.75) is 73.4 Å². The summed E-state index contributed by atoms with van der Waals surface area (Å²) in [6.45, 7) is 17.3. The number of aliphatic hydroxyl groups is 1. The Morgan fingerprint density at radius 3 is 2.46 bits per heavy atom. The number of hydrogen-bond acceptors (Lipinski definition) is 5. The molecule has 196 valence electrons. The third kappa shape index (κ3) is 4.85. The van der Waals surface area contributed by atoms with Crippen LogP contribution in [0.2, 0.25) is 0 Å². The lowest BCUT2D eigenvalue weighted by Gasteiger charge is -2.42. The monoisotopic (exact) mass is 569 g/mol. The lowest BCUT2D eigenvalue weighted by Crippen LogP contribution is -2.59. The summed E-state index contributed by atoms with van der Waals surface area (Å²) in [5.41, 5.74) is -0.460. The van der Waals surface area contributed by atoms with E-state index in [-0.39, 0.29) is 34.4 Å². The van der Waals surface area contributed by atoms with E-state index in [0.29, 0.717) is 39.0 Å². The second-order valence-electron chi connectivity index (χ2n) is 10.8. The Balaban J connectivity index is 2.09. The van der Waals surface area contributed by atoms with Crippen LogP contribution in [0.5, 0.6) is 0 Å². The Kier molecular flexibility index (Phi) is 8.86. The fraction of sp³-hybridized carbons (Fsp3) is 0.731. The van der Waals surface area contributed by atoms with Crippen molar-refractivity contribution in [3.63, 3.8) is 0 Å². The maximum atomic E-state index is 14.2. The molecule has 6 atom stereocenters. The molecule has 7 nitrogen and oxygen atoms in total. The summed E-state index contributed by atoms with van der Waals surface area (Å²) in [6, 6.07) is -0.683. The van der Waals surface area contributed by atoms with E-state index in [0.717, 1.165) is 6.42 Å². The van der Waals surface area contributed by atoms with E-state index in [1.54, 1.807) is 38.6 Å². The van der Waals surface area contributed by atoms with Crippen LogP contribution < -0.4 is 0 Å². The van der Waals surface area contributed by atoms with Crippen molar-refractivity contribution < 1.29 is 19.5 Å². The van der Waals surface area contributed by atoms with Crippen molar-refractivity contribution in [2.24, 2.45) is 11.8 Å². The minimum atomic E-state index is -0.683. The molecule has 1 N–H and O–H groups in total. The quantitative estimate of drug-likeness (QED) is 0.305. The highest BCUT2D eigenvalue weighted by atomic mass is 79.9. The van der Waals surface area contributed by atoms with Crippen molar-refractivity contribution in [1.82, 2.24) is 14.7 Å². The number of rotatable bonds is 11. The number of alkyl halides is 1. The summed E-state index contributed by atoms with van der Waals surface area (Å²) >= 11 is 5.47. The lowest BCUT2D eigenvalue weighted by atomic mass is 9.70. The van der Waals surface area contributed by atoms with Crippen LogP contribution in [0.25, 0.3) is 0 Å². The van der Waals surface area contributed by atoms with E-state index in [9.17, 15) is 19.5 Å². The SMILES string of the molecule is C=CCN(CCC)C(=O)[C@H]1[C@@H]2SC3(CC2Br)C(C(=O)N(CC=C)C(C)(C)C)N(CCCO)C(=O)[C@H]13. The minimum Gasteiger partial charge on any atom is -0.396 e. The predicted molar refractivity (Wildman–Crippen MR) is 144 cm³/mol. The number of carbonyl (C=O) groups excluding carboxylic acids is 3. The van der Waals surface area contributed by atoms with Gasteiger partial charge in [-0.25, -0.2) is 0 Å². The van der Waals surface area contributed by atoms with Gasteiger partial charge in [-0.05, 0) is 40.0 Å². The van der Waals surface area contributed by atoms with Gasteiger partial charge >= 0.3 is 0 Å². The van der Waals surface area contributed by atoms with Gasteiger partial charge in [0.05, 0.1) is 16.6 Å². The molecule has 2 bridgehead atoms. The number of thioether (sulfide) groups is 1. The zero-order valence-electron chi connectivity index (χ0n) is 21.4. The van der Waals surface area contributed by atoms with Gasteiger partial charge in [0.25, 0.3) is 0 Å². The van der Waals surface area contributed by atoms with Crippen LogP contribution in [0.4, 0.5) is 0 Å². The van der Waals surface area contributed by atoms with Crippen LogP contribution in [0, 0.1) is 11.8 Å². The fourth-order valence-corrected chi connectivity index (χ4v) is 9.67. The molecular weight excluding hydrogens is 530 g/mol. The van der Waals surface area contributed by atoms with E-state index in [1.165, 1.54) is 0 Å². The Morgan fingerprint density at radius 2 is 1.91 bits per heavy atom. The van der Waals surface area contributed by atoms with Gasteiger partial charge < -0.3 is 19.8 Å². The molecule has 3 rings (SSSR count). The zero-order chi connectivity index (χ0) is 26.1. The predicted octanol–water partition coefficient (Wildman–Crippen LogP) is 3.07. The van der Waals surface area contributed by atoms with Crippen molar-refractivity contribution in [3.05, 3.63) is 25.3 Å². The number of likely N-dealkylation sites (tertiary alicyclic amines) is 1. The summed E-state index contributed by atoms with van der Waals surface area (Å²) in [4.78, 5) is 47.4. The van der Waals surface area contributed by atoms with Gasteiger partial charge in [0.2, 0.25) is 17.7 Å². The molecule has 0 aromatic rings. The number of halogens is 1. The summed E-state index contributed by atoms with van der Waals surface area (Å²) in [5, 5.41) is 9.47. The molecule has 3 saturated heterocycles. The first kappa shape index (κ1) is 28.3. The van der Waals surface area contributed by atoms with Crippen LogP contribution in [0.1, 0.15) is 47.0 Å². The second-order valence-corrected chi connectivity index (χ2v) is 13.5. The normalized spacial score (nSPS) is 31.4. The van der Waals surface area contributed by atoms with Crippen LogP contribution >= 0.6 is 27.7 Å². The number of carbonyl (C=O) groups is 3. The van der Waals surface area contributed by atoms with E-state index < -0.39 is 28.2 Å². The maximum absolute atomic E-state index is 14.2. The lowest BCUT2D eigenvalue weighted by molar-refractivity contribution is -0.146. The Hall–Kier alpha value is -1.32. The molecule has 1 spiro atoms. The number of aliphatic hydroxyl groups excluding tert-OH is 1. The van der Waals surface area contributed by atoms with Crippen molar-refractivity contribution >= 4 is 45.4 Å². The van der Waals surface area contributed by atoms with Gasteiger partial charge in [0.15, 0.2) is 0 Å². The van der Waals surface area contributed by atoms with Crippen molar-refractivity contribution in [1.29, 1.82) is 0 Å². The third-order valence-electron chi connectivity index (χ3n) is 7.41. The topological polar surface area (TPSA) is 81.2 Å². The number of fused-ring (bicyclic) bond motifs is 1. The molecule has 9 heteroatoms. The molecule has 3 fully saturated rings. The third-order valence-corrected chi connectivity index (χ3v) is 10.6. The highest BCUT2D eigenvalue weighted by molar-refractivity contribution is 9.09. The first-order valence-electron chi connectivity index (χ1n) is 12.5. The average molecular weight is 571 g/mol. The molecule has 35 heavy (non-hydrogen) atoms. The molecule has 0 aromatic heterocycles. The van der Waals surface area contributed by atoms with Crippen molar-refractivity contribution in [3.8, 4) is 0 Å². The van der Waals surface area contributed by atoms with Gasteiger partial charge in [-0.15, -0.1) is 24.9 Å². The molecule has 3 aliphatic heterocycles. The molecule has 3 unspecified atom stereocenters. The van der Waals surface area contributed by atoms with Gasteiger partial charge in [-0.3, -0.25) is 14.4 Å². The van der Waals surface area contributed by atoms with Crippen molar-refractivity contribution in [2.75, 3.05) is 32.8 Å². The Bertz CT molecular complexity index is 862. The molecule has 0 radical (unpaired) electrons. The standard InChI is InChI=1S/C26H40BrN3O4S/c1-7-11-28(12-8-2)22(32)18-19-23(33)29(14-10-15-31)21(26(19)16-17(27)20(18)35-26)24(34)30(13-9-3)25(4,5)6/h7,9,17-21,31H,1,3,8,10-16H2,2,4-6H3/t17?,18-,19+,20-,21?,26?/m1/s1. The average Bonchev–Trinajstić information content (AvgIpc) is 3.37. The molecule has 0 aromatic carbocycles.